The highest BCUT2D eigenvalue weighted by molar-refractivity contribution is 5.48. The van der Waals surface area contributed by atoms with Crippen LogP contribution in [-0.4, -0.2) is 63.3 Å². The second-order valence-corrected chi connectivity index (χ2v) is 6.12. The molecule has 0 aliphatic rings. The molecule has 1 aromatic rings. The van der Waals surface area contributed by atoms with Crippen molar-refractivity contribution in [2.75, 3.05) is 48.4 Å². The van der Waals surface area contributed by atoms with Gasteiger partial charge in [-0.3, -0.25) is 0 Å². The monoisotopic (exact) mass is 294 g/mol. The summed E-state index contributed by atoms with van der Waals surface area (Å²) in [6, 6.07) is 4.02. The number of hydrogen-bond acceptors (Lipinski definition) is 4. The van der Waals surface area contributed by atoms with Crippen LogP contribution >= 0.6 is 0 Å². The summed E-state index contributed by atoms with van der Waals surface area (Å²) in [5.74, 6) is 0.893. The molecule has 0 atom stereocenters. The molecule has 4 nitrogen and oxygen atoms in total. The summed E-state index contributed by atoms with van der Waals surface area (Å²) in [5, 5.41) is 10.1. The van der Waals surface area contributed by atoms with Crippen LogP contribution in [-0.2, 0) is 12.8 Å². The molecule has 0 bridgehead atoms. The van der Waals surface area contributed by atoms with Crippen LogP contribution in [0, 0.1) is 0 Å². The maximum Gasteiger partial charge on any atom is 0.163 e. The average molecular weight is 294 g/mol. The lowest BCUT2D eigenvalue weighted by Gasteiger charge is -2.15. The number of phenols is 1. The van der Waals surface area contributed by atoms with E-state index in [4.69, 9.17) is 4.74 Å². The first-order valence-electron chi connectivity index (χ1n) is 7.62. The molecule has 0 fully saturated rings. The first-order chi connectivity index (χ1) is 9.93. The molecule has 0 aromatic heterocycles. The molecule has 1 N–H and O–H groups in total. The van der Waals surface area contributed by atoms with Crippen LogP contribution in [0.3, 0.4) is 0 Å². The Kier molecular flexibility index (Phi) is 7.54. The van der Waals surface area contributed by atoms with Gasteiger partial charge >= 0.3 is 0 Å². The number of aryl methyl sites for hydroxylation is 2. The number of methoxy groups -OCH3 is 1. The SMILES string of the molecule is COc1c(O)cc(CCCN(C)C)cc1CCCN(C)C. The molecule has 0 aliphatic heterocycles. The Balaban J connectivity index is 2.75. The van der Waals surface area contributed by atoms with Crippen molar-refractivity contribution in [2.45, 2.75) is 25.7 Å². The van der Waals surface area contributed by atoms with Gasteiger partial charge in [-0.25, -0.2) is 0 Å². The predicted molar refractivity (Wildman–Crippen MR) is 88.4 cm³/mol. The van der Waals surface area contributed by atoms with Crippen molar-refractivity contribution in [3.63, 3.8) is 0 Å². The molecule has 0 radical (unpaired) electrons. The fraction of sp³-hybridized carbons (Fsp3) is 0.647. The molecule has 4 heteroatoms. The lowest BCUT2D eigenvalue weighted by atomic mass is 10.0. The average Bonchev–Trinajstić information content (AvgIpc) is 2.37. The Hall–Kier alpha value is -1.26. The third-order valence-electron chi connectivity index (χ3n) is 3.53. The van der Waals surface area contributed by atoms with E-state index < -0.39 is 0 Å². The van der Waals surface area contributed by atoms with E-state index in [-0.39, 0.29) is 5.75 Å². The van der Waals surface area contributed by atoms with Crippen molar-refractivity contribution >= 4 is 0 Å². The van der Waals surface area contributed by atoms with Gasteiger partial charge in [0, 0.05) is 0 Å². The summed E-state index contributed by atoms with van der Waals surface area (Å²) >= 11 is 0. The van der Waals surface area contributed by atoms with Crippen LogP contribution in [0.5, 0.6) is 11.5 Å². The molecule has 0 saturated heterocycles. The zero-order valence-corrected chi connectivity index (χ0v) is 14.1. The fourth-order valence-electron chi connectivity index (χ4n) is 2.49. The first kappa shape index (κ1) is 17.8. The molecule has 120 valence electrons. The van der Waals surface area contributed by atoms with E-state index in [2.05, 4.69) is 44.1 Å². The smallest absolute Gasteiger partial charge is 0.163 e. The first-order valence-corrected chi connectivity index (χ1v) is 7.62. The van der Waals surface area contributed by atoms with Gasteiger partial charge in [0.05, 0.1) is 7.11 Å². The minimum Gasteiger partial charge on any atom is -0.504 e. The summed E-state index contributed by atoms with van der Waals surface area (Å²) < 4.78 is 5.36. The van der Waals surface area contributed by atoms with Crippen LogP contribution in [0.4, 0.5) is 0 Å². The summed E-state index contributed by atoms with van der Waals surface area (Å²) in [4.78, 5) is 4.36. The fourth-order valence-corrected chi connectivity index (χ4v) is 2.49. The van der Waals surface area contributed by atoms with Crippen LogP contribution in [0.25, 0.3) is 0 Å². The standard InChI is InChI=1S/C17H30N2O2/c1-18(2)10-6-8-14-12-15(9-7-11-19(3)4)17(21-5)16(20)13-14/h12-13,20H,6-11H2,1-5H3. The number of ether oxygens (including phenoxy) is 1. The van der Waals surface area contributed by atoms with Gasteiger partial charge in [0.1, 0.15) is 0 Å². The molecule has 0 spiro atoms. The molecule has 0 aliphatic carbocycles. The second-order valence-electron chi connectivity index (χ2n) is 6.12. The molecule has 0 heterocycles. The van der Waals surface area contributed by atoms with Gasteiger partial charge in [-0.2, -0.15) is 0 Å². The highest BCUT2D eigenvalue weighted by atomic mass is 16.5. The number of phenolic OH excluding ortho intramolecular Hbond substituents is 1. The number of rotatable bonds is 9. The van der Waals surface area contributed by atoms with E-state index in [1.807, 2.05) is 6.07 Å². The Morgan fingerprint density at radius 2 is 1.52 bits per heavy atom. The lowest BCUT2D eigenvalue weighted by molar-refractivity contribution is 0.364. The number of benzene rings is 1. The van der Waals surface area contributed by atoms with E-state index in [9.17, 15) is 5.11 Å². The van der Waals surface area contributed by atoms with Gasteiger partial charge in [0.2, 0.25) is 0 Å². The van der Waals surface area contributed by atoms with Crippen LogP contribution in [0.15, 0.2) is 12.1 Å². The molecule has 0 amide bonds. The maximum atomic E-state index is 10.1. The quantitative estimate of drug-likeness (QED) is 0.758. The normalized spacial score (nSPS) is 11.4. The van der Waals surface area contributed by atoms with Gasteiger partial charge in [0.15, 0.2) is 11.5 Å². The number of nitrogens with zero attached hydrogens (tertiary/aromatic N) is 2. The van der Waals surface area contributed by atoms with Crippen molar-refractivity contribution in [1.29, 1.82) is 0 Å². The van der Waals surface area contributed by atoms with Gasteiger partial charge in [-0.05, 0) is 84.2 Å². The van der Waals surface area contributed by atoms with Crippen LogP contribution in [0.1, 0.15) is 24.0 Å². The van der Waals surface area contributed by atoms with Gasteiger partial charge in [-0.15, -0.1) is 0 Å². The summed E-state index contributed by atoms with van der Waals surface area (Å²) in [6.07, 6.45) is 4.06. The van der Waals surface area contributed by atoms with Gasteiger partial charge in [0.25, 0.3) is 0 Å². The van der Waals surface area contributed by atoms with Crippen LogP contribution < -0.4 is 4.74 Å². The van der Waals surface area contributed by atoms with Crippen molar-refractivity contribution < 1.29 is 9.84 Å². The van der Waals surface area contributed by atoms with E-state index in [0.29, 0.717) is 5.75 Å². The highest BCUT2D eigenvalue weighted by Gasteiger charge is 2.11. The number of hydrogen-bond donors (Lipinski definition) is 1. The molecule has 1 aromatic carbocycles. The molecular weight excluding hydrogens is 264 g/mol. The largest absolute Gasteiger partial charge is 0.504 e. The number of aromatic hydroxyl groups is 1. The zero-order chi connectivity index (χ0) is 15.8. The predicted octanol–water partition coefficient (Wildman–Crippen LogP) is 2.39. The van der Waals surface area contributed by atoms with E-state index >= 15 is 0 Å². The van der Waals surface area contributed by atoms with Crippen LogP contribution in [0.2, 0.25) is 0 Å². The second kappa shape index (κ2) is 8.90. The van der Waals surface area contributed by atoms with Gasteiger partial charge in [-0.1, -0.05) is 6.07 Å². The molecule has 0 saturated carbocycles. The third-order valence-corrected chi connectivity index (χ3v) is 3.53. The van der Waals surface area contributed by atoms with Crippen molar-refractivity contribution in [3.05, 3.63) is 23.3 Å². The summed E-state index contributed by atoms with van der Waals surface area (Å²) in [6.45, 7) is 2.09. The van der Waals surface area contributed by atoms with Crippen molar-refractivity contribution in [2.24, 2.45) is 0 Å². The Labute approximate surface area is 129 Å². The van der Waals surface area contributed by atoms with Crippen molar-refractivity contribution in [1.82, 2.24) is 9.80 Å². The van der Waals surface area contributed by atoms with Gasteiger partial charge < -0.3 is 19.6 Å². The summed E-state index contributed by atoms with van der Waals surface area (Å²) in [5.41, 5.74) is 2.30. The van der Waals surface area contributed by atoms with E-state index in [1.54, 1.807) is 7.11 Å². The zero-order valence-electron chi connectivity index (χ0n) is 14.1. The summed E-state index contributed by atoms with van der Waals surface area (Å²) in [7, 11) is 9.94. The molecular formula is C17H30N2O2. The Morgan fingerprint density at radius 3 is 2.05 bits per heavy atom. The maximum absolute atomic E-state index is 10.1. The molecule has 0 unspecified atom stereocenters. The van der Waals surface area contributed by atoms with E-state index in [1.165, 1.54) is 5.56 Å². The minimum absolute atomic E-state index is 0.264. The third kappa shape index (κ3) is 6.36. The minimum atomic E-state index is 0.264. The molecule has 21 heavy (non-hydrogen) atoms. The van der Waals surface area contributed by atoms with E-state index in [0.717, 1.165) is 44.3 Å². The Morgan fingerprint density at radius 1 is 0.952 bits per heavy atom. The lowest BCUT2D eigenvalue weighted by Crippen LogP contribution is -2.14. The highest BCUT2D eigenvalue weighted by Crippen LogP contribution is 2.32. The van der Waals surface area contributed by atoms with Crippen molar-refractivity contribution in [3.8, 4) is 11.5 Å². The Bertz CT molecular complexity index is 431. The molecule has 1 rings (SSSR count). The topological polar surface area (TPSA) is 35.9 Å².